The normalized spacial score (nSPS) is 13.0. The number of hydrogen-bond donors (Lipinski definition) is 1. The number of para-hydroxylation sites is 1. The van der Waals surface area contributed by atoms with E-state index in [1.54, 1.807) is 18.2 Å². The summed E-state index contributed by atoms with van der Waals surface area (Å²) in [5.41, 5.74) is 0.333. The number of anilines is 2. The minimum atomic E-state index is -1.41. The lowest BCUT2D eigenvalue weighted by molar-refractivity contribution is -0.254. The third-order valence-corrected chi connectivity index (χ3v) is 3.82. The summed E-state index contributed by atoms with van der Waals surface area (Å²) >= 11 is 5.95. The van der Waals surface area contributed by atoms with E-state index in [9.17, 15) is 19.5 Å². The van der Waals surface area contributed by atoms with Crippen molar-refractivity contribution in [2.45, 2.75) is 0 Å². The van der Waals surface area contributed by atoms with Crippen LogP contribution in [0.25, 0.3) is 0 Å². The zero-order chi connectivity index (χ0) is 18.0. The Hall–Kier alpha value is -3.06. The third-order valence-electron chi connectivity index (χ3n) is 3.59. The van der Waals surface area contributed by atoms with Crippen LogP contribution in [-0.4, -0.2) is 30.9 Å². The number of carbonyl (C=O) groups is 3. The highest BCUT2D eigenvalue weighted by atomic mass is 35.5. The summed E-state index contributed by atoms with van der Waals surface area (Å²) in [7, 11) is 0. The maximum absolute atomic E-state index is 12.3. The van der Waals surface area contributed by atoms with Crippen LogP contribution in [0.2, 0.25) is 5.02 Å². The maximum Gasteiger partial charge on any atom is 0.265 e. The van der Waals surface area contributed by atoms with Crippen LogP contribution in [0.5, 0.6) is 5.75 Å². The minimum Gasteiger partial charge on any atom is -0.545 e. The van der Waals surface area contributed by atoms with Crippen LogP contribution in [0, 0.1) is 0 Å². The molecule has 0 spiro atoms. The van der Waals surface area contributed by atoms with Gasteiger partial charge >= 0.3 is 0 Å². The van der Waals surface area contributed by atoms with Gasteiger partial charge in [-0.1, -0.05) is 29.8 Å². The molecule has 1 N–H and O–H groups in total. The van der Waals surface area contributed by atoms with Gasteiger partial charge in [-0.3, -0.25) is 14.5 Å². The van der Waals surface area contributed by atoms with Gasteiger partial charge < -0.3 is 20.0 Å². The van der Waals surface area contributed by atoms with Gasteiger partial charge in [-0.2, -0.15) is 0 Å². The molecule has 1 aliphatic heterocycles. The van der Waals surface area contributed by atoms with E-state index in [4.69, 9.17) is 16.3 Å². The molecule has 0 atom stereocenters. The van der Waals surface area contributed by atoms with Gasteiger partial charge in [0, 0.05) is 16.3 Å². The molecule has 2 aromatic rings. The Balaban J connectivity index is 1.81. The fraction of sp³-hybridized carbons (Fsp3) is 0.118. The molecule has 0 radical (unpaired) electrons. The van der Waals surface area contributed by atoms with Crippen molar-refractivity contribution in [2.75, 3.05) is 23.4 Å². The summed E-state index contributed by atoms with van der Waals surface area (Å²) in [4.78, 5) is 36.7. The first kappa shape index (κ1) is 16.8. The Morgan fingerprint density at radius 2 is 2.00 bits per heavy atom. The molecule has 0 aliphatic carbocycles. The molecular formula is C17H12ClN2O5-. The summed E-state index contributed by atoms with van der Waals surface area (Å²) in [6.07, 6.45) is 0. The number of amides is 2. The topological polar surface area (TPSA) is 98.8 Å². The van der Waals surface area contributed by atoms with Gasteiger partial charge in [0.25, 0.3) is 5.91 Å². The number of nitrogens with one attached hydrogen (secondary N) is 1. The first-order chi connectivity index (χ1) is 12.0. The van der Waals surface area contributed by atoms with Crippen LogP contribution >= 0.6 is 11.6 Å². The number of carboxylic acids is 1. The lowest BCUT2D eigenvalue weighted by Gasteiger charge is -2.29. The SMILES string of the molecule is O=C(CN1C(=O)COc2ccc(Cl)cc21)Nc1ccccc1C(=O)[O-]. The quantitative estimate of drug-likeness (QED) is 0.880. The molecule has 3 rings (SSSR count). The number of hydrogen-bond acceptors (Lipinski definition) is 5. The van der Waals surface area contributed by atoms with Crippen molar-refractivity contribution >= 4 is 40.8 Å². The predicted octanol–water partition coefficient (Wildman–Crippen LogP) is 1.07. The summed E-state index contributed by atoms with van der Waals surface area (Å²) in [6.45, 7) is -0.505. The van der Waals surface area contributed by atoms with Crippen LogP contribution in [0.15, 0.2) is 42.5 Å². The molecule has 0 saturated carbocycles. The molecule has 0 unspecified atom stereocenters. The zero-order valence-electron chi connectivity index (χ0n) is 12.8. The Labute approximate surface area is 147 Å². The molecule has 2 amide bonds. The van der Waals surface area contributed by atoms with Crippen LogP contribution in [0.3, 0.4) is 0 Å². The minimum absolute atomic E-state index is 0.0968. The second-order valence-corrected chi connectivity index (χ2v) is 5.70. The molecule has 0 aromatic heterocycles. The van der Waals surface area contributed by atoms with E-state index in [1.807, 2.05) is 0 Å². The summed E-state index contributed by atoms with van der Waals surface area (Å²) in [5.74, 6) is -1.93. The van der Waals surface area contributed by atoms with Crippen molar-refractivity contribution < 1.29 is 24.2 Å². The van der Waals surface area contributed by atoms with E-state index in [-0.39, 0.29) is 24.4 Å². The van der Waals surface area contributed by atoms with Gasteiger partial charge in [0.1, 0.15) is 12.3 Å². The number of carbonyl (C=O) groups excluding carboxylic acids is 3. The highest BCUT2D eigenvalue weighted by molar-refractivity contribution is 6.31. The van der Waals surface area contributed by atoms with Crippen LogP contribution < -0.4 is 20.1 Å². The molecule has 8 heteroatoms. The fourth-order valence-corrected chi connectivity index (χ4v) is 2.62. The van der Waals surface area contributed by atoms with E-state index in [1.165, 1.54) is 29.2 Å². The molecule has 0 saturated heterocycles. The van der Waals surface area contributed by atoms with Crippen LogP contribution in [0.4, 0.5) is 11.4 Å². The van der Waals surface area contributed by atoms with E-state index < -0.39 is 17.8 Å². The van der Waals surface area contributed by atoms with Crippen LogP contribution in [-0.2, 0) is 9.59 Å². The molecule has 1 heterocycles. The number of nitrogens with zero attached hydrogens (tertiary/aromatic N) is 1. The van der Waals surface area contributed by atoms with Gasteiger partial charge in [0.05, 0.1) is 11.7 Å². The summed E-state index contributed by atoms with van der Waals surface area (Å²) in [5, 5.41) is 14.0. The molecule has 1 aliphatic rings. The van der Waals surface area contributed by atoms with E-state index in [2.05, 4.69) is 5.32 Å². The van der Waals surface area contributed by atoms with E-state index >= 15 is 0 Å². The monoisotopic (exact) mass is 359 g/mol. The maximum atomic E-state index is 12.3. The molecule has 25 heavy (non-hydrogen) atoms. The van der Waals surface area contributed by atoms with Gasteiger partial charge in [-0.25, -0.2) is 0 Å². The number of halogens is 1. The summed E-state index contributed by atoms with van der Waals surface area (Å²) < 4.78 is 5.30. The average molecular weight is 360 g/mol. The lowest BCUT2D eigenvalue weighted by atomic mass is 10.1. The molecule has 128 valence electrons. The second kappa shape index (κ2) is 6.82. The Bertz CT molecular complexity index is 868. The number of ether oxygens (including phenoxy) is 1. The third kappa shape index (κ3) is 3.56. The number of aromatic carboxylic acids is 1. The molecule has 2 aromatic carbocycles. The number of carboxylic acid groups (broad SMARTS) is 1. The highest BCUT2D eigenvalue weighted by Gasteiger charge is 2.27. The summed E-state index contributed by atoms with van der Waals surface area (Å²) in [6, 6.07) is 10.6. The molecule has 0 fully saturated rings. The smallest absolute Gasteiger partial charge is 0.265 e. The largest absolute Gasteiger partial charge is 0.545 e. The van der Waals surface area contributed by atoms with Crippen molar-refractivity contribution in [3.63, 3.8) is 0 Å². The van der Waals surface area contributed by atoms with Crippen molar-refractivity contribution in [2.24, 2.45) is 0 Å². The second-order valence-electron chi connectivity index (χ2n) is 5.26. The van der Waals surface area contributed by atoms with Gasteiger partial charge in [-0.15, -0.1) is 0 Å². The molecule has 0 bridgehead atoms. The Morgan fingerprint density at radius 1 is 1.24 bits per heavy atom. The van der Waals surface area contributed by atoms with E-state index in [0.717, 1.165) is 0 Å². The fourth-order valence-electron chi connectivity index (χ4n) is 2.45. The van der Waals surface area contributed by atoms with Crippen molar-refractivity contribution in [1.82, 2.24) is 0 Å². The Morgan fingerprint density at radius 3 is 2.76 bits per heavy atom. The standard InChI is InChI=1S/C17H13ClN2O5/c18-10-5-6-14-13(7-10)20(16(22)9-25-14)8-15(21)19-12-4-2-1-3-11(12)17(23)24/h1-7H,8-9H2,(H,19,21)(H,23,24)/p-1. The van der Waals surface area contributed by atoms with Crippen molar-refractivity contribution in [1.29, 1.82) is 0 Å². The molecule has 7 nitrogen and oxygen atoms in total. The van der Waals surface area contributed by atoms with Gasteiger partial charge in [0.15, 0.2) is 6.61 Å². The van der Waals surface area contributed by atoms with Crippen molar-refractivity contribution in [3.05, 3.63) is 53.1 Å². The molecular weight excluding hydrogens is 348 g/mol. The first-order valence-corrected chi connectivity index (χ1v) is 7.66. The Kier molecular flexibility index (Phi) is 4.58. The average Bonchev–Trinajstić information content (AvgIpc) is 2.58. The first-order valence-electron chi connectivity index (χ1n) is 7.28. The number of rotatable bonds is 4. The highest BCUT2D eigenvalue weighted by Crippen LogP contribution is 2.34. The predicted molar refractivity (Wildman–Crippen MR) is 88.7 cm³/mol. The lowest BCUT2D eigenvalue weighted by Crippen LogP contribution is -2.43. The number of benzene rings is 2. The van der Waals surface area contributed by atoms with E-state index in [0.29, 0.717) is 16.5 Å². The van der Waals surface area contributed by atoms with Crippen molar-refractivity contribution in [3.8, 4) is 5.75 Å². The number of fused-ring (bicyclic) bond motifs is 1. The zero-order valence-corrected chi connectivity index (χ0v) is 13.6. The van der Waals surface area contributed by atoms with Crippen LogP contribution in [0.1, 0.15) is 10.4 Å². The van der Waals surface area contributed by atoms with Gasteiger partial charge in [0.2, 0.25) is 5.91 Å². The van der Waals surface area contributed by atoms with Gasteiger partial charge in [-0.05, 0) is 24.3 Å².